The summed E-state index contributed by atoms with van der Waals surface area (Å²) in [6.07, 6.45) is 1.20. The zero-order valence-corrected chi connectivity index (χ0v) is 11.7. The first-order chi connectivity index (χ1) is 9.06. The number of carbonyl (C=O) groups is 1. The molecule has 5 heteroatoms. The Kier molecular flexibility index (Phi) is 4.66. The molecule has 1 atom stereocenters. The zero-order valence-electron chi connectivity index (χ0n) is 10.9. The molecule has 2 rings (SSSR count). The van der Waals surface area contributed by atoms with E-state index in [1.807, 2.05) is 6.92 Å². The van der Waals surface area contributed by atoms with E-state index >= 15 is 0 Å². The number of likely N-dealkylation sites (tertiary alicyclic amines) is 1. The van der Waals surface area contributed by atoms with E-state index in [9.17, 15) is 9.90 Å². The van der Waals surface area contributed by atoms with E-state index in [1.54, 1.807) is 23.1 Å². The predicted molar refractivity (Wildman–Crippen MR) is 73.5 cm³/mol. The SMILES string of the molecule is Cc1cc(Cl)ccc1OCC(=O)N1CCC[C@H](O)C1. The lowest BCUT2D eigenvalue weighted by Gasteiger charge is -2.30. The van der Waals surface area contributed by atoms with E-state index in [2.05, 4.69) is 0 Å². The molecular formula is C14H18ClNO3. The third-order valence-corrected chi connectivity index (χ3v) is 3.47. The van der Waals surface area contributed by atoms with Crippen molar-refractivity contribution >= 4 is 17.5 Å². The Balaban J connectivity index is 1.89. The van der Waals surface area contributed by atoms with E-state index in [4.69, 9.17) is 16.3 Å². The second-order valence-electron chi connectivity index (χ2n) is 4.83. The Labute approximate surface area is 117 Å². The van der Waals surface area contributed by atoms with Gasteiger partial charge in [-0.1, -0.05) is 11.6 Å². The van der Waals surface area contributed by atoms with Crippen LogP contribution in [0.15, 0.2) is 18.2 Å². The van der Waals surface area contributed by atoms with Crippen LogP contribution in [0.25, 0.3) is 0 Å². The number of ether oxygens (including phenoxy) is 1. The van der Waals surface area contributed by atoms with Gasteiger partial charge in [-0.15, -0.1) is 0 Å². The number of amides is 1. The highest BCUT2D eigenvalue weighted by Gasteiger charge is 2.22. The highest BCUT2D eigenvalue weighted by atomic mass is 35.5. The van der Waals surface area contributed by atoms with Gasteiger partial charge in [0.1, 0.15) is 5.75 Å². The van der Waals surface area contributed by atoms with Crippen LogP contribution in [0.1, 0.15) is 18.4 Å². The van der Waals surface area contributed by atoms with Crippen molar-refractivity contribution in [3.8, 4) is 5.75 Å². The molecule has 1 amide bonds. The van der Waals surface area contributed by atoms with E-state index in [1.165, 1.54) is 0 Å². The van der Waals surface area contributed by atoms with E-state index in [-0.39, 0.29) is 12.5 Å². The summed E-state index contributed by atoms with van der Waals surface area (Å²) >= 11 is 5.86. The van der Waals surface area contributed by atoms with Crippen molar-refractivity contribution in [2.24, 2.45) is 0 Å². The Morgan fingerprint density at radius 1 is 1.58 bits per heavy atom. The van der Waals surface area contributed by atoms with Gasteiger partial charge >= 0.3 is 0 Å². The van der Waals surface area contributed by atoms with Gasteiger partial charge in [0.05, 0.1) is 6.10 Å². The number of β-amino-alcohol motifs (C(OH)–C–C–N with tert-alkyl or cyclic N) is 1. The fourth-order valence-electron chi connectivity index (χ4n) is 2.19. The number of aliphatic hydroxyl groups excluding tert-OH is 1. The van der Waals surface area contributed by atoms with Crippen LogP contribution in [0, 0.1) is 6.92 Å². The van der Waals surface area contributed by atoms with Gasteiger partial charge in [0.25, 0.3) is 5.91 Å². The van der Waals surface area contributed by atoms with Crippen molar-refractivity contribution in [2.45, 2.75) is 25.9 Å². The molecule has 1 aromatic rings. The lowest BCUT2D eigenvalue weighted by molar-refractivity contribution is -0.136. The van der Waals surface area contributed by atoms with Crippen LogP contribution < -0.4 is 4.74 Å². The van der Waals surface area contributed by atoms with E-state index in [0.29, 0.717) is 23.9 Å². The maximum absolute atomic E-state index is 12.0. The van der Waals surface area contributed by atoms with Crippen molar-refractivity contribution in [3.63, 3.8) is 0 Å². The molecule has 19 heavy (non-hydrogen) atoms. The number of hydrogen-bond donors (Lipinski definition) is 1. The molecule has 1 heterocycles. The van der Waals surface area contributed by atoms with Gasteiger partial charge in [-0.3, -0.25) is 4.79 Å². The summed E-state index contributed by atoms with van der Waals surface area (Å²) in [6, 6.07) is 5.29. The van der Waals surface area contributed by atoms with Gasteiger partial charge in [-0.25, -0.2) is 0 Å². The first-order valence-electron chi connectivity index (χ1n) is 6.41. The number of hydrogen-bond acceptors (Lipinski definition) is 3. The average molecular weight is 284 g/mol. The standard InChI is InChI=1S/C14H18ClNO3/c1-10-7-11(15)4-5-13(10)19-9-14(18)16-6-2-3-12(17)8-16/h4-5,7,12,17H,2-3,6,8-9H2,1H3/t12-/m0/s1. The molecule has 4 nitrogen and oxygen atoms in total. The minimum absolute atomic E-state index is 0.00477. The summed E-state index contributed by atoms with van der Waals surface area (Å²) in [4.78, 5) is 13.6. The van der Waals surface area contributed by atoms with Gasteiger partial charge < -0.3 is 14.7 Å². The largest absolute Gasteiger partial charge is 0.483 e. The fraction of sp³-hybridized carbons (Fsp3) is 0.500. The fourth-order valence-corrected chi connectivity index (χ4v) is 2.41. The smallest absolute Gasteiger partial charge is 0.260 e. The Hall–Kier alpha value is -1.26. The predicted octanol–water partition coefficient (Wildman–Crippen LogP) is 2.01. The summed E-state index contributed by atoms with van der Waals surface area (Å²) in [5.74, 6) is 0.573. The summed E-state index contributed by atoms with van der Waals surface area (Å²) < 4.78 is 5.51. The van der Waals surface area contributed by atoms with Crippen LogP contribution in [0.3, 0.4) is 0 Å². The van der Waals surface area contributed by atoms with Gasteiger partial charge in [0.15, 0.2) is 6.61 Å². The van der Waals surface area contributed by atoms with Crippen LogP contribution in [0.5, 0.6) is 5.75 Å². The molecule has 0 radical (unpaired) electrons. The minimum Gasteiger partial charge on any atom is -0.483 e. The number of carbonyl (C=O) groups excluding carboxylic acids is 1. The van der Waals surface area contributed by atoms with E-state index in [0.717, 1.165) is 18.4 Å². The first kappa shape index (κ1) is 14.2. The van der Waals surface area contributed by atoms with Gasteiger partial charge in [-0.05, 0) is 43.5 Å². The van der Waals surface area contributed by atoms with E-state index < -0.39 is 6.10 Å². The third kappa shape index (κ3) is 3.85. The number of rotatable bonds is 3. The normalized spacial score (nSPS) is 19.3. The second kappa shape index (κ2) is 6.26. The molecule has 0 bridgehead atoms. The lowest BCUT2D eigenvalue weighted by atomic mass is 10.1. The second-order valence-corrected chi connectivity index (χ2v) is 5.27. The molecule has 104 valence electrons. The summed E-state index contributed by atoms with van der Waals surface area (Å²) in [6.45, 7) is 2.98. The Morgan fingerprint density at radius 2 is 2.37 bits per heavy atom. The molecule has 0 unspecified atom stereocenters. The van der Waals surface area contributed by atoms with Crippen molar-refractivity contribution in [1.82, 2.24) is 4.90 Å². The maximum atomic E-state index is 12.0. The van der Waals surface area contributed by atoms with Crippen LogP contribution in [-0.4, -0.2) is 41.7 Å². The molecule has 1 aromatic carbocycles. The van der Waals surface area contributed by atoms with Gasteiger partial charge in [0.2, 0.25) is 0 Å². The van der Waals surface area contributed by atoms with Crippen LogP contribution in [-0.2, 0) is 4.79 Å². The van der Waals surface area contributed by atoms with Crippen molar-refractivity contribution in [1.29, 1.82) is 0 Å². The quantitative estimate of drug-likeness (QED) is 0.923. The monoisotopic (exact) mass is 283 g/mol. The molecule has 1 aliphatic heterocycles. The lowest BCUT2D eigenvalue weighted by Crippen LogP contribution is -2.44. The molecular weight excluding hydrogens is 266 g/mol. The highest BCUT2D eigenvalue weighted by Crippen LogP contribution is 2.22. The number of aliphatic hydroxyl groups is 1. The molecule has 0 saturated carbocycles. The third-order valence-electron chi connectivity index (χ3n) is 3.24. The highest BCUT2D eigenvalue weighted by molar-refractivity contribution is 6.30. The van der Waals surface area contributed by atoms with Gasteiger partial charge in [-0.2, -0.15) is 0 Å². The average Bonchev–Trinajstić information content (AvgIpc) is 2.37. The Morgan fingerprint density at radius 3 is 3.05 bits per heavy atom. The van der Waals surface area contributed by atoms with Crippen molar-refractivity contribution < 1.29 is 14.6 Å². The van der Waals surface area contributed by atoms with Crippen LogP contribution in [0.4, 0.5) is 0 Å². The van der Waals surface area contributed by atoms with Crippen LogP contribution >= 0.6 is 11.6 Å². The molecule has 0 aromatic heterocycles. The van der Waals surface area contributed by atoms with Gasteiger partial charge in [0, 0.05) is 18.1 Å². The molecule has 1 fully saturated rings. The van der Waals surface area contributed by atoms with Crippen molar-refractivity contribution in [3.05, 3.63) is 28.8 Å². The number of nitrogens with zero attached hydrogens (tertiary/aromatic N) is 1. The number of benzene rings is 1. The molecule has 0 aliphatic carbocycles. The first-order valence-corrected chi connectivity index (χ1v) is 6.79. The summed E-state index contributed by atoms with van der Waals surface area (Å²) in [7, 11) is 0. The topological polar surface area (TPSA) is 49.8 Å². The molecule has 1 N–H and O–H groups in total. The zero-order chi connectivity index (χ0) is 13.8. The van der Waals surface area contributed by atoms with Crippen LogP contribution in [0.2, 0.25) is 5.02 Å². The maximum Gasteiger partial charge on any atom is 0.260 e. The molecule has 1 aliphatic rings. The Bertz CT molecular complexity index is 464. The summed E-state index contributed by atoms with van der Waals surface area (Å²) in [5.41, 5.74) is 0.902. The number of aryl methyl sites for hydroxylation is 1. The van der Waals surface area contributed by atoms with Crippen molar-refractivity contribution in [2.75, 3.05) is 19.7 Å². The minimum atomic E-state index is -0.407. The molecule has 0 spiro atoms. The summed E-state index contributed by atoms with van der Waals surface area (Å²) in [5, 5.41) is 10.2. The molecule has 1 saturated heterocycles. The number of piperidine rings is 1. The number of halogens is 1.